The van der Waals surface area contributed by atoms with Crippen molar-refractivity contribution in [3.8, 4) is 0 Å². The monoisotopic (exact) mass is 256 g/mol. The van der Waals surface area contributed by atoms with Gasteiger partial charge in [-0.05, 0) is 0 Å². The van der Waals surface area contributed by atoms with Crippen LogP contribution in [0.3, 0.4) is 0 Å². The molecule has 0 heterocycles. The van der Waals surface area contributed by atoms with E-state index < -0.39 is 40.7 Å². The minimum absolute atomic E-state index is 0.392. The standard InChI is InChI=1S/C12H16O6/c1-12(2)8(10(15)17-3)6(13)5-7(14)9(12)11(16)18-4/h5,8-9,13H,1-4H3/t8-,9-/m0/s1. The van der Waals surface area contributed by atoms with Crippen LogP contribution >= 0.6 is 0 Å². The lowest BCUT2D eigenvalue weighted by atomic mass is 9.63. The normalized spacial score (nSPS) is 26.2. The molecule has 100 valence electrons. The molecule has 1 aliphatic carbocycles. The highest BCUT2D eigenvalue weighted by Gasteiger charge is 2.53. The second-order valence-corrected chi connectivity index (χ2v) is 4.71. The summed E-state index contributed by atoms with van der Waals surface area (Å²) in [4.78, 5) is 35.1. The fourth-order valence-electron chi connectivity index (χ4n) is 2.31. The van der Waals surface area contributed by atoms with Crippen LogP contribution in [0.1, 0.15) is 13.8 Å². The van der Waals surface area contributed by atoms with Crippen molar-refractivity contribution in [1.82, 2.24) is 0 Å². The van der Waals surface area contributed by atoms with Gasteiger partial charge in [-0.15, -0.1) is 0 Å². The fourth-order valence-corrected chi connectivity index (χ4v) is 2.31. The maximum atomic E-state index is 11.8. The van der Waals surface area contributed by atoms with E-state index in [1.54, 1.807) is 0 Å². The first-order valence-electron chi connectivity index (χ1n) is 5.37. The molecule has 0 fully saturated rings. The lowest BCUT2D eigenvalue weighted by Gasteiger charge is -2.38. The van der Waals surface area contributed by atoms with E-state index in [2.05, 4.69) is 9.47 Å². The number of carbonyl (C=O) groups excluding carboxylic acids is 3. The van der Waals surface area contributed by atoms with Crippen molar-refractivity contribution in [3.05, 3.63) is 11.8 Å². The molecule has 0 radical (unpaired) electrons. The molecule has 1 N–H and O–H groups in total. The van der Waals surface area contributed by atoms with Gasteiger partial charge in [0.15, 0.2) is 5.78 Å². The molecule has 0 aliphatic heterocycles. The van der Waals surface area contributed by atoms with E-state index in [0.29, 0.717) is 0 Å². The number of aliphatic hydroxyl groups excluding tert-OH is 1. The van der Waals surface area contributed by atoms with Crippen molar-refractivity contribution in [1.29, 1.82) is 0 Å². The SMILES string of the molecule is COC(=O)[C@@H]1C(O)=CC(=O)[C@@H](C(=O)OC)C1(C)C. The molecule has 0 spiro atoms. The van der Waals surface area contributed by atoms with Crippen molar-refractivity contribution >= 4 is 17.7 Å². The van der Waals surface area contributed by atoms with Crippen LogP contribution in [0.4, 0.5) is 0 Å². The Balaban J connectivity index is 3.30. The summed E-state index contributed by atoms with van der Waals surface area (Å²) in [6.07, 6.45) is 0.883. The van der Waals surface area contributed by atoms with Crippen LogP contribution in [0, 0.1) is 17.3 Å². The summed E-state index contributed by atoms with van der Waals surface area (Å²) in [5, 5.41) is 9.74. The van der Waals surface area contributed by atoms with Gasteiger partial charge >= 0.3 is 11.9 Å². The third kappa shape index (κ3) is 2.10. The number of carbonyl (C=O) groups is 3. The van der Waals surface area contributed by atoms with Crippen molar-refractivity contribution < 1.29 is 29.0 Å². The summed E-state index contributed by atoms with van der Waals surface area (Å²) in [6, 6.07) is 0. The molecule has 1 rings (SSSR count). The van der Waals surface area contributed by atoms with Crippen LogP contribution in [-0.4, -0.2) is 37.0 Å². The summed E-state index contributed by atoms with van der Waals surface area (Å²) >= 11 is 0. The van der Waals surface area contributed by atoms with Crippen LogP contribution < -0.4 is 0 Å². The first-order chi connectivity index (χ1) is 8.27. The molecular weight excluding hydrogens is 240 g/mol. The van der Waals surface area contributed by atoms with Crippen LogP contribution in [-0.2, 0) is 23.9 Å². The molecule has 0 saturated heterocycles. The van der Waals surface area contributed by atoms with Gasteiger partial charge in [0.2, 0.25) is 0 Å². The molecule has 0 unspecified atom stereocenters. The molecule has 6 heteroatoms. The number of esters is 2. The van der Waals surface area contributed by atoms with Gasteiger partial charge in [-0.3, -0.25) is 14.4 Å². The van der Waals surface area contributed by atoms with Crippen molar-refractivity contribution in [3.63, 3.8) is 0 Å². The molecule has 0 aromatic heterocycles. The number of hydrogen-bond donors (Lipinski definition) is 1. The smallest absolute Gasteiger partial charge is 0.317 e. The van der Waals surface area contributed by atoms with Crippen molar-refractivity contribution in [2.75, 3.05) is 14.2 Å². The zero-order chi connectivity index (χ0) is 14.1. The summed E-state index contributed by atoms with van der Waals surface area (Å²) < 4.78 is 9.16. The van der Waals surface area contributed by atoms with Crippen LogP contribution in [0.5, 0.6) is 0 Å². The summed E-state index contributed by atoms with van der Waals surface area (Å²) in [7, 11) is 2.34. The maximum absolute atomic E-state index is 11.8. The molecule has 18 heavy (non-hydrogen) atoms. The second kappa shape index (κ2) is 4.80. The van der Waals surface area contributed by atoms with E-state index in [0.717, 1.165) is 13.2 Å². The Morgan fingerprint density at radius 1 is 1.17 bits per heavy atom. The first-order valence-corrected chi connectivity index (χ1v) is 5.37. The number of hydrogen-bond acceptors (Lipinski definition) is 6. The third-order valence-corrected chi connectivity index (χ3v) is 3.23. The maximum Gasteiger partial charge on any atom is 0.317 e. The van der Waals surface area contributed by atoms with E-state index in [9.17, 15) is 19.5 Å². The largest absolute Gasteiger partial charge is 0.511 e. The quantitative estimate of drug-likeness (QED) is 0.575. The fraction of sp³-hybridized carbons (Fsp3) is 0.583. The number of methoxy groups -OCH3 is 2. The average molecular weight is 256 g/mol. The summed E-state index contributed by atoms with van der Waals surface area (Å²) in [6.45, 7) is 3.08. The van der Waals surface area contributed by atoms with Crippen LogP contribution in [0.15, 0.2) is 11.8 Å². The predicted molar refractivity (Wildman–Crippen MR) is 60.5 cm³/mol. The Hall–Kier alpha value is -1.85. The van der Waals surface area contributed by atoms with Crippen LogP contribution in [0.25, 0.3) is 0 Å². The van der Waals surface area contributed by atoms with E-state index in [4.69, 9.17) is 0 Å². The Bertz CT molecular complexity index is 420. The van der Waals surface area contributed by atoms with Gasteiger partial charge in [0.1, 0.15) is 17.6 Å². The number of ketones is 1. The van der Waals surface area contributed by atoms with Crippen molar-refractivity contribution in [2.45, 2.75) is 13.8 Å². The van der Waals surface area contributed by atoms with Gasteiger partial charge in [0.25, 0.3) is 0 Å². The van der Waals surface area contributed by atoms with Gasteiger partial charge in [-0.25, -0.2) is 0 Å². The Morgan fingerprint density at radius 3 is 2.06 bits per heavy atom. The first kappa shape index (κ1) is 14.2. The highest BCUT2D eigenvalue weighted by atomic mass is 16.5. The van der Waals surface area contributed by atoms with Crippen LogP contribution in [0.2, 0.25) is 0 Å². The lowest BCUT2D eigenvalue weighted by Crippen LogP contribution is -2.49. The predicted octanol–water partition coefficient (Wildman–Crippen LogP) is 0.616. The molecule has 0 aromatic rings. The van der Waals surface area contributed by atoms with E-state index in [1.807, 2.05) is 0 Å². The minimum atomic E-state index is -1.14. The van der Waals surface area contributed by atoms with E-state index >= 15 is 0 Å². The molecule has 1 aliphatic rings. The zero-order valence-electron chi connectivity index (χ0n) is 10.7. The molecule has 2 atom stereocenters. The number of aliphatic hydroxyl groups is 1. The average Bonchev–Trinajstić information content (AvgIpc) is 2.26. The molecule has 0 saturated carbocycles. The van der Waals surface area contributed by atoms with E-state index in [1.165, 1.54) is 21.0 Å². The highest BCUT2D eigenvalue weighted by Crippen LogP contribution is 2.44. The highest BCUT2D eigenvalue weighted by molar-refractivity contribution is 6.08. The third-order valence-electron chi connectivity index (χ3n) is 3.23. The van der Waals surface area contributed by atoms with Gasteiger partial charge in [0, 0.05) is 11.5 Å². The lowest BCUT2D eigenvalue weighted by molar-refractivity contribution is -0.161. The zero-order valence-corrected chi connectivity index (χ0v) is 10.7. The number of rotatable bonds is 2. The van der Waals surface area contributed by atoms with E-state index in [-0.39, 0.29) is 0 Å². The minimum Gasteiger partial charge on any atom is -0.511 e. The molecule has 0 amide bonds. The number of allylic oxidation sites excluding steroid dienone is 1. The van der Waals surface area contributed by atoms with Crippen molar-refractivity contribution in [2.24, 2.45) is 17.3 Å². The second-order valence-electron chi connectivity index (χ2n) is 4.71. The van der Waals surface area contributed by atoms with Gasteiger partial charge in [-0.1, -0.05) is 13.8 Å². The summed E-state index contributed by atoms with van der Waals surface area (Å²) in [5.74, 6) is -4.61. The Morgan fingerprint density at radius 2 is 1.61 bits per heavy atom. The van der Waals surface area contributed by atoms with Gasteiger partial charge in [-0.2, -0.15) is 0 Å². The summed E-state index contributed by atoms with van der Waals surface area (Å²) in [5.41, 5.74) is -1.11. The molecule has 0 bridgehead atoms. The van der Waals surface area contributed by atoms with Gasteiger partial charge < -0.3 is 14.6 Å². The molecular formula is C12H16O6. The molecule has 6 nitrogen and oxygen atoms in total. The van der Waals surface area contributed by atoms with Gasteiger partial charge in [0.05, 0.1) is 14.2 Å². The Labute approximate surface area is 105 Å². The molecule has 0 aromatic carbocycles. The topological polar surface area (TPSA) is 89.9 Å². The number of ether oxygens (including phenoxy) is 2. The Kier molecular flexibility index (Phi) is 3.79.